The zero-order valence-electron chi connectivity index (χ0n) is 10.2. The highest BCUT2D eigenvalue weighted by atomic mass is 35.5. The van der Waals surface area contributed by atoms with Gasteiger partial charge in [-0.05, 0) is 13.8 Å². The molecule has 0 bridgehead atoms. The van der Waals surface area contributed by atoms with Crippen LogP contribution in [0.25, 0.3) is 0 Å². The third-order valence-electron chi connectivity index (χ3n) is 2.15. The zero-order valence-corrected chi connectivity index (χ0v) is 11.8. The van der Waals surface area contributed by atoms with E-state index in [0.717, 1.165) is 17.2 Å². The molecule has 0 saturated carbocycles. The largest absolute Gasteiger partial charge is 0.362 e. The van der Waals surface area contributed by atoms with Crippen molar-refractivity contribution in [3.63, 3.8) is 0 Å². The lowest BCUT2D eigenvalue weighted by molar-refractivity contribution is 1.03. The van der Waals surface area contributed by atoms with E-state index in [1.165, 1.54) is 0 Å². The fourth-order valence-corrected chi connectivity index (χ4v) is 2.25. The molecule has 7 heteroatoms. The predicted molar refractivity (Wildman–Crippen MR) is 75.4 cm³/mol. The third kappa shape index (κ3) is 3.30. The topological polar surface area (TPSA) is 62.7 Å². The number of nitrogens with zero attached hydrogens (tertiary/aromatic N) is 3. The molecule has 0 aromatic carbocycles. The number of aromatic nitrogens is 3. The Labute approximate surface area is 115 Å². The molecule has 0 aliphatic carbocycles. The minimum atomic E-state index is 0.505. The molecule has 0 unspecified atom stereocenters. The Balaban J connectivity index is 2.05. The van der Waals surface area contributed by atoms with E-state index in [2.05, 4.69) is 25.6 Å². The molecule has 2 aromatic rings. The molecule has 0 radical (unpaired) electrons. The van der Waals surface area contributed by atoms with Crippen molar-refractivity contribution in [2.45, 2.75) is 20.4 Å². The van der Waals surface area contributed by atoms with E-state index in [1.54, 1.807) is 17.5 Å². The van der Waals surface area contributed by atoms with E-state index >= 15 is 0 Å². The lowest BCUT2D eigenvalue weighted by Crippen LogP contribution is -2.06. The Kier molecular flexibility index (Phi) is 4.33. The van der Waals surface area contributed by atoms with Crippen LogP contribution in [0.5, 0.6) is 0 Å². The van der Waals surface area contributed by atoms with Crippen molar-refractivity contribution in [3.05, 3.63) is 27.3 Å². The number of hydrogen-bond donors (Lipinski definition) is 2. The van der Waals surface area contributed by atoms with Crippen molar-refractivity contribution >= 4 is 34.7 Å². The minimum Gasteiger partial charge on any atom is -0.362 e. The van der Waals surface area contributed by atoms with E-state index in [-0.39, 0.29) is 0 Å². The summed E-state index contributed by atoms with van der Waals surface area (Å²) >= 11 is 7.65. The third-order valence-corrected chi connectivity index (χ3v) is 3.40. The number of hydrogen-bond acceptors (Lipinski definition) is 6. The first-order valence-electron chi connectivity index (χ1n) is 5.60. The first kappa shape index (κ1) is 13.0. The summed E-state index contributed by atoms with van der Waals surface area (Å²) in [6.07, 6.45) is 1.59. The summed E-state index contributed by atoms with van der Waals surface area (Å²) < 4.78 is 0. The fraction of sp³-hybridized carbons (Fsp3) is 0.364. The van der Waals surface area contributed by atoms with Gasteiger partial charge in [-0.15, -0.1) is 11.3 Å². The van der Waals surface area contributed by atoms with Gasteiger partial charge in [0.1, 0.15) is 10.0 Å². The van der Waals surface area contributed by atoms with Crippen LogP contribution < -0.4 is 10.6 Å². The van der Waals surface area contributed by atoms with E-state index in [4.69, 9.17) is 11.6 Å². The van der Waals surface area contributed by atoms with E-state index < -0.39 is 0 Å². The van der Waals surface area contributed by atoms with Crippen LogP contribution in [0.15, 0.2) is 11.6 Å². The van der Waals surface area contributed by atoms with Crippen LogP contribution in [0.1, 0.15) is 17.6 Å². The van der Waals surface area contributed by atoms with Crippen molar-refractivity contribution in [2.24, 2.45) is 0 Å². The summed E-state index contributed by atoms with van der Waals surface area (Å²) in [6, 6.07) is 0. The molecule has 18 heavy (non-hydrogen) atoms. The smallest absolute Gasteiger partial charge is 0.224 e. The van der Waals surface area contributed by atoms with Crippen LogP contribution in [-0.4, -0.2) is 21.5 Å². The van der Waals surface area contributed by atoms with Crippen LogP contribution in [0, 0.1) is 6.92 Å². The molecular weight excluding hydrogens is 270 g/mol. The van der Waals surface area contributed by atoms with Crippen LogP contribution in [-0.2, 0) is 6.54 Å². The Hall–Kier alpha value is -1.40. The van der Waals surface area contributed by atoms with Crippen LogP contribution in [0.4, 0.5) is 11.8 Å². The lowest BCUT2D eigenvalue weighted by Gasteiger charge is -2.07. The Morgan fingerprint density at radius 2 is 2.17 bits per heavy atom. The van der Waals surface area contributed by atoms with Gasteiger partial charge in [-0.3, -0.25) is 0 Å². The Morgan fingerprint density at radius 3 is 2.83 bits per heavy atom. The molecule has 0 atom stereocenters. The van der Waals surface area contributed by atoms with Gasteiger partial charge in [0.25, 0.3) is 0 Å². The van der Waals surface area contributed by atoms with Crippen molar-refractivity contribution in [1.82, 2.24) is 15.0 Å². The van der Waals surface area contributed by atoms with Gasteiger partial charge in [-0.25, -0.2) is 9.97 Å². The lowest BCUT2D eigenvalue weighted by atomic mass is 10.5. The van der Waals surface area contributed by atoms with Crippen LogP contribution >= 0.6 is 22.9 Å². The molecule has 2 rings (SSSR count). The maximum absolute atomic E-state index is 6.04. The maximum Gasteiger partial charge on any atom is 0.224 e. The van der Waals surface area contributed by atoms with Crippen molar-refractivity contribution in [3.8, 4) is 0 Å². The second-order valence-electron chi connectivity index (χ2n) is 3.66. The number of nitrogens with one attached hydrogen (secondary N) is 2. The van der Waals surface area contributed by atoms with Gasteiger partial charge in [0.15, 0.2) is 5.82 Å². The van der Waals surface area contributed by atoms with Crippen LogP contribution in [0.2, 0.25) is 5.02 Å². The first-order chi connectivity index (χ1) is 8.69. The van der Waals surface area contributed by atoms with Crippen molar-refractivity contribution < 1.29 is 0 Å². The van der Waals surface area contributed by atoms with Crippen molar-refractivity contribution in [1.29, 1.82) is 0 Å². The average molecular weight is 284 g/mol. The molecule has 0 spiro atoms. The normalized spacial score (nSPS) is 10.4. The molecule has 96 valence electrons. The summed E-state index contributed by atoms with van der Waals surface area (Å²) in [6.45, 7) is 5.35. The summed E-state index contributed by atoms with van der Waals surface area (Å²) in [4.78, 5) is 12.7. The minimum absolute atomic E-state index is 0.505. The molecule has 0 saturated heterocycles. The molecule has 5 nitrogen and oxygen atoms in total. The fourth-order valence-electron chi connectivity index (χ4n) is 1.38. The molecule has 2 N–H and O–H groups in total. The second-order valence-corrected chi connectivity index (χ2v) is 5.01. The molecule has 0 aliphatic rings. The Bertz CT molecular complexity index is 528. The predicted octanol–water partition coefficient (Wildman–Crippen LogP) is 2.94. The summed E-state index contributed by atoms with van der Waals surface area (Å²) in [7, 11) is 0. The van der Waals surface area contributed by atoms with E-state index in [9.17, 15) is 0 Å². The number of anilines is 2. The number of thiazole rings is 1. The molecule has 2 heterocycles. The summed E-state index contributed by atoms with van der Waals surface area (Å²) in [5, 5.41) is 9.74. The highest BCUT2D eigenvalue weighted by Gasteiger charge is 2.06. The van der Waals surface area contributed by atoms with Crippen LogP contribution in [0.3, 0.4) is 0 Å². The van der Waals surface area contributed by atoms with Gasteiger partial charge in [0.05, 0.1) is 12.7 Å². The standard InChI is InChI=1S/C11H14ClN5S/c1-3-13-11-15-4-8(12)10(17-11)14-5-9-16-7(2)6-18-9/h4,6H,3,5H2,1-2H3,(H2,13,14,15,17). The quantitative estimate of drug-likeness (QED) is 0.883. The Morgan fingerprint density at radius 1 is 1.33 bits per heavy atom. The molecular formula is C11H14ClN5S. The van der Waals surface area contributed by atoms with Gasteiger partial charge >= 0.3 is 0 Å². The summed E-state index contributed by atoms with van der Waals surface area (Å²) in [5.74, 6) is 1.19. The average Bonchev–Trinajstić information content (AvgIpc) is 2.76. The van der Waals surface area contributed by atoms with E-state index in [0.29, 0.717) is 23.3 Å². The van der Waals surface area contributed by atoms with Gasteiger partial charge in [-0.2, -0.15) is 4.98 Å². The highest BCUT2D eigenvalue weighted by molar-refractivity contribution is 7.09. The monoisotopic (exact) mass is 283 g/mol. The second kappa shape index (κ2) is 5.97. The zero-order chi connectivity index (χ0) is 13.0. The molecule has 2 aromatic heterocycles. The molecule has 0 aliphatic heterocycles. The van der Waals surface area contributed by atoms with Gasteiger partial charge in [-0.1, -0.05) is 11.6 Å². The SMILES string of the molecule is CCNc1ncc(Cl)c(NCc2nc(C)cs2)n1. The summed E-state index contributed by atoms with van der Waals surface area (Å²) in [5.41, 5.74) is 1.03. The van der Waals surface area contributed by atoms with Gasteiger partial charge < -0.3 is 10.6 Å². The maximum atomic E-state index is 6.04. The van der Waals surface area contributed by atoms with Gasteiger partial charge in [0, 0.05) is 17.6 Å². The molecule has 0 fully saturated rings. The first-order valence-corrected chi connectivity index (χ1v) is 6.86. The molecule has 0 amide bonds. The van der Waals surface area contributed by atoms with E-state index in [1.807, 2.05) is 19.2 Å². The van der Waals surface area contributed by atoms with Gasteiger partial charge in [0.2, 0.25) is 5.95 Å². The highest BCUT2D eigenvalue weighted by Crippen LogP contribution is 2.20. The number of aryl methyl sites for hydroxylation is 1. The number of halogens is 1. The number of rotatable bonds is 5. The van der Waals surface area contributed by atoms with Crippen molar-refractivity contribution in [2.75, 3.05) is 17.2 Å².